The third kappa shape index (κ3) is 3.28. The predicted octanol–water partition coefficient (Wildman–Crippen LogP) is 3.89. The Kier molecular flexibility index (Phi) is 4.70. The molecule has 3 aromatic rings. The van der Waals surface area contributed by atoms with Crippen LogP contribution in [-0.4, -0.2) is 20.2 Å². The summed E-state index contributed by atoms with van der Waals surface area (Å²) >= 11 is 7.53. The summed E-state index contributed by atoms with van der Waals surface area (Å²) in [6.45, 7) is 0. The standard InChI is InChI=1S/C15H12ClFN4S/c16-13-7-4-8-14(17)12(13)9-22-10-15-18-19-20-21(15)11-5-2-1-3-6-11/h1-8H,9-10H2. The minimum atomic E-state index is -0.289. The summed E-state index contributed by atoms with van der Waals surface area (Å²) in [6.07, 6.45) is 0. The first kappa shape index (κ1) is 15.0. The van der Waals surface area contributed by atoms with Crippen molar-refractivity contribution in [3.8, 4) is 5.69 Å². The highest BCUT2D eigenvalue weighted by Gasteiger charge is 2.10. The van der Waals surface area contributed by atoms with E-state index in [-0.39, 0.29) is 5.82 Å². The number of thioether (sulfide) groups is 1. The minimum Gasteiger partial charge on any atom is -0.207 e. The molecule has 1 aromatic heterocycles. The van der Waals surface area contributed by atoms with Crippen molar-refractivity contribution in [3.63, 3.8) is 0 Å². The molecule has 22 heavy (non-hydrogen) atoms. The molecular formula is C15H12ClFN4S. The molecule has 0 spiro atoms. The van der Waals surface area contributed by atoms with Crippen LogP contribution in [0.15, 0.2) is 48.5 Å². The van der Waals surface area contributed by atoms with E-state index in [1.54, 1.807) is 16.8 Å². The Bertz CT molecular complexity index is 743. The van der Waals surface area contributed by atoms with Crippen LogP contribution < -0.4 is 0 Å². The van der Waals surface area contributed by atoms with E-state index in [0.717, 1.165) is 5.69 Å². The number of benzene rings is 2. The summed E-state index contributed by atoms with van der Waals surface area (Å²) in [5.74, 6) is 1.45. The summed E-state index contributed by atoms with van der Waals surface area (Å²) in [5.41, 5.74) is 1.40. The van der Waals surface area contributed by atoms with Crippen molar-refractivity contribution in [2.24, 2.45) is 0 Å². The second-order valence-electron chi connectivity index (χ2n) is 4.54. The minimum absolute atomic E-state index is 0.289. The molecule has 7 heteroatoms. The highest BCUT2D eigenvalue weighted by atomic mass is 35.5. The molecule has 0 amide bonds. The highest BCUT2D eigenvalue weighted by molar-refractivity contribution is 7.97. The molecule has 0 N–H and O–H groups in total. The molecule has 0 radical (unpaired) electrons. The third-order valence-electron chi connectivity index (χ3n) is 3.07. The van der Waals surface area contributed by atoms with E-state index in [0.29, 0.717) is 27.9 Å². The molecule has 0 saturated carbocycles. The quantitative estimate of drug-likeness (QED) is 0.710. The van der Waals surface area contributed by atoms with Crippen molar-refractivity contribution in [2.75, 3.05) is 0 Å². The predicted molar refractivity (Wildman–Crippen MR) is 85.6 cm³/mol. The molecule has 0 fully saturated rings. The van der Waals surface area contributed by atoms with E-state index in [1.165, 1.54) is 17.8 Å². The number of para-hydroxylation sites is 1. The Morgan fingerprint density at radius 2 is 1.86 bits per heavy atom. The highest BCUT2D eigenvalue weighted by Crippen LogP contribution is 2.25. The Hall–Kier alpha value is -1.92. The lowest BCUT2D eigenvalue weighted by Gasteiger charge is -2.06. The molecule has 0 saturated heterocycles. The molecule has 1 heterocycles. The Labute approximate surface area is 136 Å². The van der Waals surface area contributed by atoms with Gasteiger partial charge in [0.15, 0.2) is 5.82 Å². The van der Waals surface area contributed by atoms with Crippen LogP contribution in [0.25, 0.3) is 5.69 Å². The first-order valence-electron chi connectivity index (χ1n) is 6.59. The van der Waals surface area contributed by atoms with Gasteiger partial charge in [0.25, 0.3) is 0 Å². The third-order valence-corrected chi connectivity index (χ3v) is 4.38. The number of halogens is 2. The number of hydrogen-bond acceptors (Lipinski definition) is 4. The zero-order chi connectivity index (χ0) is 15.4. The van der Waals surface area contributed by atoms with Crippen LogP contribution in [0.5, 0.6) is 0 Å². The van der Waals surface area contributed by atoms with E-state index in [4.69, 9.17) is 11.6 Å². The van der Waals surface area contributed by atoms with Crippen LogP contribution in [0.3, 0.4) is 0 Å². The van der Waals surface area contributed by atoms with Gasteiger partial charge >= 0.3 is 0 Å². The summed E-state index contributed by atoms with van der Waals surface area (Å²) in [4.78, 5) is 0. The Morgan fingerprint density at radius 3 is 2.64 bits per heavy atom. The van der Waals surface area contributed by atoms with Gasteiger partial charge in [-0.15, -0.1) is 16.9 Å². The van der Waals surface area contributed by atoms with Crippen LogP contribution in [0.1, 0.15) is 11.4 Å². The lowest BCUT2D eigenvalue weighted by molar-refractivity contribution is 0.617. The zero-order valence-electron chi connectivity index (χ0n) is 11.5. The SMILES string of the molecule is Fc1cccc(Cl)c1CSCc1nnnn1-c1ccccc1. The van der Waals surface area contributed by atoms with Gasteiger partial charge in [0.05, 0.1) is 11.4 Å². The molecule has 0 bridgehead atoms. The lowest BCUT2D eigenvalue weighted by Crippen LogP contribution is -2.02. The van der Waals surface area contributed by atoms with Gasteiger partial charge in [-0.25, -0.2) is 4.39 Å². The van der Waals surface area contributed by atoms with Gasteiger partial charge in [0.2, 0.25) is 0 Å². The maximum absolute atomic E-state index is 13.7. The number of nitrogens with zero attached hydrogens (tertiary/aromatic N) is 4. The molecule has 0 aliphatic heterocycles. The Morgan fingerprint density at radius 1 is 1.05 bits per heavy atom. The smallest absolute Gasteiger partial charge is 0.166 e. The molecule has 2 aromatic carbocycles. The van der Waals surface area contributed by atoms with E-state index >= 15 is 0 Å². The maximum atomic E-state index is 13.7. The fourth-order valence-corrected chi connectivity index (χ4v) is 3.25. The van der Waals surface area contributed by atoms with Crippen LogP contribution in [0.2, 0.25) is 5.02 Å². The molecule has 0 aliphatic rings. The van der Waals surface area contributed by atoms with Crippen LogP contribution in [0, 0.1) is 5.82 Å². The normalized spacial score (nSPS) is 10.8. The largest absolute Gasteiger partial charge is 0.207 e. The van der Waals surface area contributed by atoms with Crippen molar-refractivity contribution < 1.29 is 4.39 Å². The number of hydrogen-bond donors (Lipinski definition) is 0. The molecule has 3 rings (SSSR count). The van der Waals surface area contributed by atoms with Gasteiger partial charge in [-0.05, 0) is 34.7 Å². The summed E-state index contributed by atoms with van der Waals surface area (Å²) in [6, 6.07) is 14.3. The van der Waals surface area contributed by atoms with Crippen LogP contribution in [-0.2, 0) is 11.5 Å². The van der Waals surface area contributed by atoms with Crippen molar-refractivity contribution in [2.45, 2.75) is 11.5 Å². The average Bonchev–Trinajstić information content (AvgIpc) is 2.99. The lowest BCUT2D eigenvalue weighted by atomic mass is 10.2. The topological polar surface area (TPSA) is 43.6 Å². The summed E-state index contributed by atoms with van der Waals surface area (Å²) in [7, 11) is 0. The van der Waals surface area contributed by atoms with E-state index in [2.05, 4.69) is 15.5 Å². The van der Waals surface area contributed by atoms with Crippen molar-refractivity contribution in [3.05, 3.63) is 70.8 Å². The van der Waals surface area contributed by atoms with Crippen molar-refractivity contribution >= 4 is 23.4 Å². The maximum Gasteiger partial charge on any atom is 0.166 e. The van der Waals surface area contributed by atoms with Crippen molar-refractivity contribution in [1.29, 1.82) is 0 Å². The van der Waals surface area contributed by atoms with Gasteiger partial charge in [-0.1, -0.05) is 35.9 Å². The molecule has 0 aliphatic carbocycles. The second-order valence-corrected chi connectivity index (χ2v) is 5.93. The second kappa shape index (κ2) is 6.89. The summed E-state index contributed by atoms with van der Waals surface area (Å²) < 4.78 is 15.4. The molecule has 4 nitrogen and oxygen atoms in total. The molecule has 0 unspecified atom stereocenters. The first-order chi connectivity index (χ1) is 10.8. The van der Waals surface area contributed by atoms with E-state index in [1.807, 2.05) is 30.3 Å². The number of aromatic nitrogens is 4. The number of tetrazole rings is 1. The van der Waals surface area contributed by atoms with Gasteiger partial charge in [0.1, 0.15) is 5.82 Å². The fraction of sp³-hybridized carbons (Fsp3) is 0.133. The Balaban J connectivity index is 1.70. The van der Waals surface area contributed by atoms with Gasteiger partial charge < -0.3 is 0 Å². The molecule has 0 atom stereocenters. The average molecular weight is 335 g/mol. The zero-order valence-corrected chi connectivity index (χ0v) is 13.1. The summed E-state index contributed by atoms with van der Waals surface area (Å²) in [5, 5.41) is 12.2. The van der Waals surface area contributed by atoms with Crippen LogP contribution >= 0.6 is 23.4 Å². The van der Waals surface area contributed by atoms with Gasteiger partial charge in [-0.3, -0.25) is 0 Å². The molecular weight excluding hydrogens is 323 g/mol. The van der Waals surface area contributed by atoms with Crippen molar-refractivity contribution in [1.82, 2.24) is 20.2 Å². The van der Waals surface area contributed by atoms with Crippen LogP contribution in [0.4, 0.5) is 4.39 Å². The monoisotopic (exact) mass is 334 g/mol. The number of rotatable bonds is 5. The molecule has 112 valence electrons. The van der Waals surface area contributed by atoms with Gasteiger partial charge in [0, 0.05) is 16.3 Å². The van der Waals surface area contributed by atoms with Gasteiger partial charge in [-0.2, -0.15) is 4.68 Å². The van der Waals surface area contributed by atoms with E-state index in [9.17, 15) is 4.39 Å². The van der Waals surface area contributed by atoms with E-state index < -0.39 is 0 Å². The first-order valence-corrected chi connectivity index (χ1v) is 8.12. The fourth-order valence-electron chi connectivity index (χ4n) is 1.98.